The van der Waals surface area contributed by atoms with E-state index in [2.05, 4.69) is 4.74 Å². The Labute approximate surface area is 106 Å². The van der Waals surface area contributed by atoms with Crippen molar-refractivity contribution in [2.45, 2.75) is 38.6 Å². The number of carboxylic acids is 1. The molecule has 0 radical (unpaired) electrons. The molecule has 0 bridgehead atoms. The summed E-state index contributed by atoms with van der Waals surface area (Å²) in [5.41, 5.74) is 0. The average molecular weight is 257 g/mol. The normalized spacial score (nSPS) is 20.9. The van der Waals surface area contributed by atoms with E-state index in [4.69, 9.17) is 5.11 Å². The minimum atomic E-state index is -1.01. The highest BCUT2D eigenvalue weighted by Gasteiger charge is 2.40. The van der Waals surface area contributed by atoms with Gasteiger partial charge in [-0.3, -0.25) is 9.59 Å². The molecule has 0 spiro atoms. The van der Waals surface area contributed by atoms with Crippen LogP contribution in [0.15, 0.2) is 0 Å². The Morgan fingerprint density at radius 2 is 2.22 bits per heavy atom. The van der Waals surface area contributed by atoms with Gasteiger partial charge in [0.25, 0.3) is 0 Å². The van der Waals surface area contributed by atoms with Crippen molar-refractivity contribution in [3.8, 4) is 0 Å². The molecule has 2 atom stereocenters. The number of hydrogen-bond donors (Lipinski definition) is 1. The number of methoxy groups -OCH3 is 1. The van der Waals surface area contributed by atoms with Gasteiger partial charge in [-0.2, -0.15) is 0 Å². The molecule has 1 fully saturated rings. The molecule has 1 aliphatic rings. The van der Waals surface area contributed by atoms with Crippen LogP contribution in [0.5, 0.6) is 0 Å². The van der Waals surface area contributed by atoms with Crippen LogP contribution in [0.1, 0.15) is 32.6 Å². The third-order valence-corrected chi connectivity index (χ3v) is 3.19. The van der Waals surface area contributed by atoms with Crippen molar-refractivity contribution in [2.24, 2.45) is 5.92 Å². The summed E-state index contributed by atoms with van der Waals surface area (Å²) in [6.45, 7) is 2.11. The number of carbonyl (C=O) groups excluding carboxylic acids is 2. The number of esters is 1. The summed E-state index contributed by atoms with van der Waals surface area (Å²) in [6.07, 6.45) is 2.07. The van der Waals surface area contributed by atoms with Crippen molar-refractivity contribution in [3.05, 3.63) is 0 Å². The van der Waals surface area contributed by atoms with Crippen molar-refractivity contribution in [1.29, 1.82) is 0 Å². The standard InChI is InChI=1S/C12H19NO5/c1-3-4-5-9(11(15)16)13-7-8(6-10(13)14)12(17)18-2/h8-9H,3-7H2,1-2H3,(H,15,16). The Morgan fingerprint density at radius 3 is 2.72 bits per heavy atom. The van der Waals surface area contributed by atoms with Gasteiger partial charge in [-0.15, -0.1) is 0 Å². The van der Waals surface area contributed by atoms with Crippen molar-refractivity contribution >= 4 is 17.8 Å². The molecule has 1 amide bonds. The molecule has 1 saturated heterocycles. The number of ether oxygens (including phenoxy) is 1. The van der Waals surface area contributed by atoms with E-state index in [0.717, 1.165) is 12.8 Å². The van der Waals surface area contributed by atoms with E-state index < -0.39 is 23.9 Å². The first-order chi connectivity index (χ1) is 8.51. The maximum atomic E-state index is 11.8. The van der Waals surface area contributed by atoms with E-state index in [1.807, 2.05) is 6.92 Å². The minimum Gasteiger partial charge on any atom is -0.480 e. The highest BCUT2D eigenvalue weighted by molar-refractivity contribution is 5.90. The Morgan fingerprint density at radius 1 is 1.56 bits per heavy atom. The maximum Gasteiger partial charge on any atom is 0.326 e. The van der Waals surface area contributed by atoms with Crippen LogP contribution in [0.25, 0.3) is 0 Å². The van der Waals surface area contributed by atoms with Gasteiger partial charge < -0.3 is 14.7 Å². The maximum absolute atomic E-state index is 11.8. The molecule has 0 aromatic carbocycles. The lowest BCUT2D eigenvalue weighted by Crippen LogP contribution is -2.42. The van der Waals surface area contributed by atoms with E-state index >= 15 is 0 Å². The van der Waals surface area contributed by atoms with Crippen LogP contribution in [-0.2, 0) is 19.1 Å². The Bertz CT molecular complexity index is 341. The molecule has 1 rings (SSSR count). The summed E-state index contributed by atoms with van der Waals surface area (Å²) < 4.78 is 4.59. The summed E-state index contributed by atoms with van der Waals surface area (Å²) in [4.78, 5) is 35.6. The predicted molar refractivity (Wildman–Crippen MR) is 62.8 cm³/mol. The second kappa shape index (κ2) is 6.37. The zero-order valence-corrected chi connectivity index (χ0v) is 10.7. The lowest BCUT2D eigenvalue weighted by Gasteiger charge is -2.24. The molecule has 0 aromatic heterocycles. The molecule has 6 heteroatoms. The Hall–Kier alpha value is -1.59. The van der Waals surface area contributed by atoms with Gasteiger partial charge in [-0.1, -0.05) is 19.8 Å². The molecule has 1 heterocycles. The second-order valence-corrected chi connectivity index (χ2v) is 4.47. The number of rotatable bonds is 6. The largest absolute Gasteiger partial charge is 0.480 e. The topological polar surface area (TPSA) is 83.9 Å². The minimum absolute atomic E-state index is 0.0442. The Balaban J connectivity index is 2.71. The number of carboxylic acid groups (broad SMARTS) is 1. The number of aliphatic carboxylic acids is 1. The molecule has 0 aromatic rings. The van der Waals surface area contributed by atoms with E-state index in [0.29, 0.717) is 6.42 Å². The van der Waals surface area contributed by atoms with E-state index in [1.54, 1.807) is 0 Å². The van der Waals surface area contributed by atoms with E-state index in [-0.39, 0.29) is 18.9 Å². The molecule has 1 aliphatic heterocycles. The number of amides is 1. The summed E-state index contributed by atoms with van der Waals surface area (Å²) in [5, 5.41) is 9.15. The van der Waals surface area contributed by atoms with Crippen molar-refractivity contribution < 1.29 is 24.2 Å². The quantitative estimate of drug-likeness (QED) is 0.706. The highest BCUT2D eigenvalue weighted by atomic mass is 16.5. The lowest BCUT2D eigenvalue weighted by atomic mass is 10.1. The van der Waals surface area contributed by atoms with Gasteiger partial charge in [-0.25, -0.2) is 4.79 Å². The molecule has 102 valence electrons. The summed E-state index contributed by atoms with van der Waals surface area (Å²) in [7, 11) is 1.27. The molecule has 18 heavy (non-hydrogen) atoms. The summed E-state index contributed by atoms with van der Waals surface area (Å²) in [6, 6.07) is -0.827. The molecular weight excluding hydrogens is 238 g/mol. The van der Waals surface area contributed by atoms with Gasteiger partial charge in [0.1, 0.15) is 6.04 Å². The molecular formula is C12H19NO5. The zero-order valence-electron chi connectivity index (χ0n) is 10.7. The van der Waals surface area contributed by atoms with Crippen LogP contribution < -0.4 is 0 Å². The number of unbranched alkanes of at least 4 members (excludes halogenated alkanes) is 1. The number of hydrogen-bond acceptors (Lipinski definition) is 4. The van der Waals surface area contributed by atoms with Gasteiger partial charge >= 0.3 is 11.9 Å². The third kappa shape index (κ3) is 3.21. The molecule has 0 saturated carbocycles. The number of likely N-dealkylation sites (tertiary alicyclic amines) is 1. The Kier molecular flexibility index (Phi) is 5.12. The molecule has 6 nitrogen and oxygen atoms in total. The van der Waals surface area contributed by atoms with Gasteiger partial charge in [0.2, 0.25) is 5.91 Å². The lowest BCUT2D eigenvalue weighted by molar-refractivity contribution is -0.149. The van der Waals surface area contributed by atoms with Crippen molar-refractivity contribution in [2.75, 3.05) is 13.7 Å². The van der Waals surface area contributed by atoms with Crippen LogP contribution >= 0.6 is 0 Å². The van der Waals surface area contributed by atoms with E-state index in [1.165, 1.54) is 12.0 Å². The van der Waals surface area contributed by atoms with Crippen LogP contribution in [0.2, 0.25) is 0 Å². The van der Waals surface area contributed by atoms with Gasteiger partial charge in [0.15, 0.2) is 0 Å². The zero-order chi connectivity index (χ0) is 13.7. The summed E-state index contributed by atoms with van der Waals surface area (Å²) >= 11 is 0. The first kappa shape index (κ1) is 14.5. The van der Waals surface area contributed by atoms with E-state index in [9.17, 15) is 14.4 Å². The van der Waals surface area contributed by atoms with Crippen LogP contribution in [0.3, 0.4) is 0 Å². The van der Waals surface area contributed by atoms with Crippen molar-refractivity contribution in [1.82, 2.24) is 4.90 Å². The van der Waals surface area contributed by atoms with Gasteiger partial charge in [0, 0.05) is 13.0 Å². The third-order valence-electron chi connectivity index (χ3n) is 3.19. The average Bonchev–Trinajstić information content (AvgIpc) is 2.71. The smallest absolute Gasteiger partial charge is 0.326 e. The van der Waals surface area contributed by atoms with Crippen LogP contribution in [0, 0.1) is 5.92 Å². The molecule has 2 unspecified atom stereocenters. The second-order valence-electron chi connectivity index (χ2n) is 4.47. The molecule has 1 N–H and O–H groups in total. The first-order valence-electron chi connectivity index (χ1n) is 6.11. The van der Waals surface area contributed by atoms with Crippen LogP contribution in [0.4, 0.5) is 0 Å². The monoisotopic (exact) mass is 257 g/mol. The first-order valence-corrected chi connectivity index (χ1v) is 6.11. The fraction of sp³-hybridized carbons (Fsp3) is 0.750. The van der Waals surface area contributed by atoms with Crippen LogP contribution in [-0.4, -0.2) is 47.5 Å². The SMILES string of the molecule is CCCCC(C(=O)O)N1CC(C(=O)OC)CC1=O. The highest BCUT2D eigenvalue weighted by Crippen LogP contribution is 2.23. The van der Waals surface area contributed by atoms with Gasteiger partial charge in [-0.05, 0) is 6.42 Å². The van der Waals surface area contributed by atoms with Gasteiger partial charge in [0.05, 0.1) is 13.0 Å². The number of carbonyl (C=O) groups is 3. The number of nitrogens with zero attached hydrogens (tertiary/aromatic N) is 1. The van der Waals surface area contributed by atoms with Crippen molar-refractivity contribution in [3.63, 3.8) is 0 Å². The molecule has 0 aliphatic carbocycles. The fourth-order valence-corrected chi connectivity index (χ4v) is 2.17. The fourth-order valence-electron chi connectivity index (χ4n) is 2.17. The summed E-state index contributed by atoms with van der Waals surface area (Å²) in [5.74, 6) is -2.28. The predicted octanol–water partition coefficient (Wildman–Crippen LogP) is 0.651.